The Hall–Kier alpha value is -2.48. The van der Waals surface area contributed by atoms with Crippen LogP contribution in [0.5, 0.6) is 0 Å². The molecule has 0 saturated heterocycles. The van der Waals surface area contributed by atoms with Gasteiger partial charge in [-0.25, -0.2) is 4.98 Å². The maximum absolute atomic E-state index is 12.2. The van der Waals surface area contributed by atoms with E-state index in [4.69, 9.17) is 0 Å². The van der Waals surface area contributed by atoms with Crippen LogP contribution in [0, 0.1) is 3.57 Å². The third-order valence-corrected chi connectivity index (χ3v) is 4.41. The molecule has 0 saturated carbocycles. The molecule has 3 aromatic rings. The van der Waals surface area contributed by atoms with E-state index in [1.807, 2.05) is 42.5 Å². The van der Waals surface area contributed by atoms with Gasteiger partial charge < -0.3 is 5.32 Å². The number of carbonyl (C=O) groups is 1. The highest BCUT2D eigenvalue weighted by molar-refractivity contribution is 14.1. The Morgan fingerprint density at radius 2 is 1.80 bits per heavy atom. The number of halogens is 1. The quantitative estimate of drug-likeness (QED) is 0.615. The first-order valence-electron chi connectivity index (χ1n) is 7.79. The van der Waals surface area contributed by atoms with Gasteiger partial charge >= 0.3 is 0 Å². The molecule has 0 aliphatic rings. The second-order valence-corrected chi connectivity index (χ2v) is 6.68. The Labute approximate surface area is 158 Å². The predicted octanol–water partition coefficient (Wildman–Crippen LogP) is 2.94. The molecular weight excluding hydrogens is 429 g/mol. The Kier molecular flexibility index (Phi) is 5.60. The lowest BCUT2D eigenvalue weighted by atomic mass is 10.1. The largest absolute Gasteiger partial charge is 0.350 e. The van der Waals surface area contributed by atoms with E-state index in [1.165, 1.54) is 17.0 Å². The molecule has 25 heavy (non-hydrogen) atoms. The van der Waals surface area contributed by atoms with Gasteiger partial charge in [-0.15, -0.1) is 0 Å². The van der Waals surface area contributed by atoms with Crippen molar-refractivity contribution in [2.75, 3.05) is 6.54 Å². The molecule has 6 heteroatoms. The fourth-order valence-corrected chi connectivity index (χ4v) is 2.71. The maximum atomic E-state index is 12.2. The highest BCUT2D eigenvalue weighted by Crippen LogP contribution is 2.13. The summed E-state index contributed by atoms with van der Waals surface area (Å²) < 4.78 is 2.56. The van der Waals surface area contributed by atoms with Gasteiger partial charge in [0.05, 0.1) is 12.0 Å². The lowest BCUT2D eigenvalue weighted by molar-refractivity contribution is 0.0952. The highest BCUT2D eigenvalue weighted by Gasteiger charge is 2.06. The number of benzene rings is 2. The van der Waals surface area contributed by atoms with Gasteiger partial charge in [-0.1, -0.05) is 30.3 Å². The zero-order valence-electron chi connectivity index (χ0n) is 13.4. The van der Waals surface area contributed by atoms with Crippen molar-refractivity contribution in [2.24, 2.45) is 0 Å². The number of hydrogen-bond donors (Lipinski definition) is 1. The van der Waals surface area contributed by atoms with Crippen molar-refractivity contribution in [3.63, 3.8) is 0 Å². The van der Waals surface area contributed by atoms with Gasteiger partial charge in [-0.05, 0) is 46.9 Å². The van der Waals surface area contributed by atoms with Crippen LogP contribution in [0.4, 0.5) is 0 Å². The normalized spacial score (nSPS) is 10.4. The minimum absolute atomic E-state index is 0.141. The van der Waals surface area contributed by atoms with Crippen LogP contribution in [0.25, 0.3) is 11.3 Å². The standard InChI is InChI=1S/C19H16IN3O2/c20-16-8-6-15(7-9-16)19(25)21-10-11-23-13-22-17(12-18(23)24)14-4-2-1-3-5-14/h1-9,12-13H,10-11H2,(H,21,25). The zero-order chi connectivity index (χ0) is 17.6. The molecule has 0 aliphatic carbocycles. The number of hydrogen-bond acceptors (Lipinski definition) is 3. The molecular formula is C19H16IN3O2. The molecule has 2 aromatic carbocycles. The SMILES string of the molecule is O=C(NCCn1cnc(-c2ccccc2)cc1=O)c1ccc(I)cc1. The Morgan fingerprint density at radius 1 is 1.08 bits per heavy atom. The minimum atomic E-state index is -0.154. The van der Waals surface area contributed by atoms with Crippen LogP contribution < -0.4 is 10.9 Å². The molecule has 0 unspecified atom stereocenters. The van der Waals surface area contributed by atoms with Crippen molar-refractivity contribution >= 4 is 28.5 Å². The summed E-state index contributed by atoms with van der Waals surface area (Å²) >= 11 is 2.19. The van der Waals surface area contributed by atoms with Gasteiger partial charge in [0.25, 0.3) is 11.5 Å². The van der Waals surface area contributed by atoms with Crippen LogP contribution in [-0.4, -0.2) is 22.0 Å². The van der Waals surface area contributed by atoms with E-state index in [1.54, 1.807) is 12.1 Å². The van der Waals surface area contributed by atoms with E-state index in [2.05, 4.69) is 32.9 Å². The third kappa shape index (κ3) is 4.54. The molecule has 0 radical (unpaired) electrons. The number of rotatable bonds is 5. The lowest BCUT2D eigenvalue weighted by Crippen LogP contribution is -2.30. The number of aromatic nitrogens is 2. The fraction of sp³-hybridized carbons (Fsp3) is 0.105. The van der Waals surface area contributed by atoms with Crippen molar-refractivity contribution in [1.29, 1.82) is 0 Å². The van der Waals surface area contributed by atoms with Crippen molar-refractivity contribution < 1.29 is 4.79 Å². The van der Waals surface area contributed by atoms with Gasteiger partial charge in [0.2, 0.25) is 0 Å². The number of nitrogens with zero attached hydrogens (tertiary/aromatic N) is 2. The topological polar surface area (TPSA) is 64.0 Å². The average molecular weight is 445 g/mol. The molecule has 5 nitrogen and oxygen atoms in total. The molecule has 1 amide bonds. The zero-order valence-corrected chi connectivity index (χ0v) is 15.5. The Balaban J connectivity index is 1.61. The van der Waals surface area contributed by atoms with Crippen molar-refractivity contribution in [1.82, 2.24) is 14.9 Å². The van der Waals surface area contributed by atoms with E-state index in [0.29, 0.717) is 24.3 Å². The second-order valence-electron chi connectivity index (χ2n) is 5.43. The molecule has 0 bridgehead atoms. The van der Waals surface area contributed by atoms with Crippen LogP contribution in [0.2, 0.25) is 0 Å². The van der Waals surface area contributed by atoms with Gasteiger partial charge in [-0.3, -0.25) is 14.2 Å². The molecule has 126 valence electrons. The van der Waals surface area contributed by atoms with Crippen LogP contribution in [0.3, 0.4) is 0 Å². The van der Waals surface area contributed by atoms with E-state index in [0.717, 1.165) is 9.13 Å². The average Bonchev–Trinajstić information content (AvgIpc) is 2.64. The molecule has 0 fully saturated rings. The number of carbonyl (C=O) groups excluding carboxylic acids is 1. The maximum Gasteiger partial charge on any atom is 0.253 e. The molecule has 1 N–H and O–H groups in total. The first kappa shape index (κ1) is 17.3. The summed E-state index contributed by atoms with van der Waals surface area (Å²) in [6, 6.07) is 18.4. The fourth-order valence-electron chi connectivity index (χ4n) is 2.35. The minimum Gasteiger partial charge on any atom is -0.350 e. The molecule has 0 aliphatic heterocycles. The smallest absolute Gasteiger partial charge is 0.253 e. The second kappa shape index (κ2) is 8.06. The number of amides is 1. The summed E-state index contributed by atoms with van der Waals surface area (Å²) in [4.78, 5) is 28.6. The summed E-state index contributed by atoms with van der Waals surface area (Å²) in [7, 11) is 0. The molecule has 3 rings (SSSR count). The summed E-state index contributed by atoms with van der Waals surface area (Å²) in [5.74, 6) is -0.154. The van der Waals surface area contributed by atoms with Crippen LogP contribution in [-0.2, 0) is 6.54 Å². The molecule has 1 aromatic heterocycles. The van der Waals surface area contributed by atoms with Crippen molar-refractivity contribution in [3.05, 3.63) is 86.5 Å². The Morgan fingerprint density at radius 3 is 2.48 bits per heavy atom. The third-order valence-electron chi connectivity index (χ3n) is 3.69. The summed E-state index contributed by atoms with van der Waals surface area (Å²) in [5.41, 5.74) is 2.01. The number of nitrogens with one attached hydrogen (secondary N) is 1. The molecule has 1 heterocycles. The van der Waals surface area contributed by atoms with Crippen molar-refractivity contribution in [3.8, 4) is 11.3 Å². The first-order valence-corrected chi connectivity index (χ1v) is 8.87. The van der Waals surface area contributed by atoms with Gasteiger partial charge in [-0.2, -0.15) is 0 Å². The highest BCUT2D eigenvalue weighted by atomic mass is 127. The van der Waals surface area contributed by atoms with Gasteiger partial charge in [0, 0.05) is 33.9 Å². The van der Waals surface area contributed by atoms with Crippen LogP contribution >= 0.6 is 22.6 Å². The molecule has 0 atom stereocenters. The van der Waals surface area contributed by atoms with E-state index < -0.39 is 0 Å². The van der Waals surface area contributed by atoms with Crippen LogP contribution in [0.1, 0.15) is 10.4 Å². The van der Waals surface area contributed by atoms with Gasteiger partial charge in [0.1, 0.15) is 0 Å². The van der Waals surface area contributed by atoms with Crippen LogP contribution in [0.15, 0.2) is 71.8 Å². The monoisotopic (exact) mass is 445 g/mol. The van der Waals surface area contributed by atoms with Crippen molar-refractivity contribution in [2.45, 2.75) is 6.54 Å². The van der Waals surface area contributed by atoms with E-state index >= 15 is 0 Å². The predicted molar refractivity (Wildman–Crippen MR) is 105 cm³/mol. The van der Waals surface area contributed by atoms with E-state index in [9.17, 15) is 9.59 Å². The van der Waals surface area contributed by atoms with E-state index in [-0.39, 0.29) is 11.5 Å². The molecule has 0 spiro atoms. The summed E-state index contributed by atoms with van der Waals surface area (Å²) in [6.45, 7) is 0.730. The Bertz CT molecular complexity index is 921. The summed E-state index contributed by atoms with van der Waals surface area (Å²) in [6.07, 6.45) is 1.52. The summed E-state index contributed by atoms with van der Waals surface area (Å²) in [5, 5.41) is 2.81. The lowest BCUT2D eigenvalue weighted by Gasteiger charge is -2.08. The first-order chi connectivity index (χ1) is 12.1. The van der Waals surface area contributed by atoms with Gasteiger partial charge in [0.15, 0.2) is 0 Å².